The van der Waals surface area contributed by atoms with Gasteiger partial charge in [0.25, 0.3) is 0 Å². The minimum absolute atomic E-state index is 0.416. The highest BCUT2D eigenvalue weighted by atomic mass is 35.5. The van der Waals surface area contributed by atoms with Crippen molar-refractivity contribution in [1.29, 1.82) is 0 Å². The molecular weight excluding hydrogens is 216 g/mol. The van der Waals surface area contributed by atoms with Crippen molar-refractivity contribution in [3.63, 3.8) is 0 Å². The summed E-state index contributed by atoms with van der Waals surface area (Å²) >= 11 is 5.87. The molecule has 0 fully saturated rings. The van der Waals surface area contributed by atoms with Crippen LogP contribution in [0.25, 0.3) is 6.08 Å². The lowest BCUT2D eigenvalue weighted by Crippen LogP contribution is -1.94. The highest BCUT2D eigenvalue weighted by Gasteiger charge is 2.03. The number of carbonyl (C=O) groups is 2. The van der Waals surface area contributed by atoms with Crippen molar-refractivity contribution in [2.24, 2.45) is 0 Å². The maximum Gasteiger partial charge on any atom is 0.330 e. The first-order valence-electron chi connectivity index (χ1n) is 4.18. The van der Waals surface area contributed by atoms with Gasteiger partial charge in [-0.2, -0.15) is 0 Å². The third kappa shape index (κ3) is 2.92. The summed E-state index contributed by atoms with van der Waals surface area (Å²) in [6, 6.07) is 4.93. The third-order valence-electron chi connectivity index (χ3n) is 1.80. The lowest BCUT2D eigenvalue weighted by molar-refractivity contribution is -0.134. The van der Waals surface area contributed by atoms with E-state index in [4.69, 9.17) is 11.6 Å². The molecule has 0 aromatic heterocycles. The summed E-state index contributed by atoms with van der Waals surface area (Å²) in [7, 11) is 1.28. The van der Waals surface area contributed by atoms with E-state index in [1.54, 1.807) is 18.2 Å². The Kier molecular flexibility index (Phi) is 4.06. The molecular formula is C11H9ClO3. The van der Waals surface area contributed by atoms with Crippen molar-refractivity contribution in [1.82, 2.24) is 0 Å². The van der Waals surface area contributed by atoms with Crippen molar-refractivity contribution in [2.75, 3.05) is 7.11 Å². The van der Waals surface area contributed by atoms with E-state index in [2.05, 4.69) is 4.74 Å². The Bertz CT molecular complexity index is 410. The molecule has 1 aromatic rings. The molecule has 0 atom stereocenters. The number of hydrogen-bond acceptors (Lipinski definition) is 3. The van der Waals surface area contributed by atoms with Gasteiger partial charge in [-0.1, -0.05) is 23.7 Å². The number of rotatable bonds is 3. The van der Waals surface area contributed by atoms with Crippen LogP contribution in [0.3, 0.4) is 0 Å². The van der Waals surface area contributed by atoms with Gasteiger partial charge in [-0.15, -0.1) is 0 Å². The van der Waals surface area contributed by atoms with Crippen molar-refractivity contribution in [2.45, 2.75) is 0 Å². The molecule has 0 aliphatic rings. The lowest BCUT2D eigenvalue weighted by atomic mass is 10.1. The van der Waals surface area contributed by atoms with E-state index in [0.717, 1.165) is 0 Å². The molecule has 0 spiro atoms. The summed E-state index contributed by atoms with van der Waals surface area (Å²) in [5.41, 5.74) is 0.946. The third-order valence-corrected chi connectivity index (χ3v) is 2.13. The Hall–Kier alpha value is -1.61. The van der Waals surface area contributed by atoms with Crippen molar-refractivity contribution in [3.05, 3.63) is 40.4 Å². The molecule has 3 nitrogen and oxygen atoms in total. The molecule has 0 bridgehead atoms. The zero-order valence-corrected chi connectivity index (χ0v) is 8.82. The fourth-order valence-corrected chi connectivity index (χ4v) is 1.30. The van der Waals surface area contributed by atoms with Gasteiger partial charge in [0.2, 0.25) is 0 Å². The number of esters is 1. The van der Waals surface area contributed by atoms with Gasteiger partial charge in [0.15, 0.2) is 6.29 Å². The smallest absolute Gasteiger partial charge is 0.330 e. The number of ether oxygens (including phenoxy) is 1. The Morgan fingerprint density at radius 3 is 2.80 bits per heavy atom. The van der Waals surface area contributed by atoms with Gasteiger partial charge in [0.05, 0.1) is 7.11 Å². The molecule has 0 heterocycles. The molecule has 0 saturated heterocycles. The normalized spacial score (nSPS) is 10.3. The van der Waals surface area contributed by atoms with E-state index in [0.29, 0.717) is 22.4 Å². The van der Waals surface area contributed by atoms with Crippen molar-refractivity contribution >= 4 is 29.9 Å². The molecule has 0 saturated carbocycles. The SMILES string of the molecule is COC(=O)C=Cc1c(Cl)cccc1C=O. The second-order valence-electron chi connectivity index (χ2n) is 2.72. The Balaban J connectivity index is 3.07. The Morgan fingerprint density at radius 2 is 2.20 bits per heavy atom. The topological polar surface area (TPSA) is 43.4 Å². The maximum absolute atomic E-state index is 10.9. The maximum atomic E-state index is 10.9. The van der Waals surface area contributed by atoms with Crippen LogP contribution in [-0.2, 0) is 9.53 Å². The second-order valence-corrected chi connectivity index (χ2v) is 3.12. The first-order valence-corrected chi connectivity index (χ1v) is 4.56. The number of carbonyl (C=O) groups excluding carboxylic acids is 2. The van der Waals surface area contributed by atoms with E-state index < -0.39 is 5.97 Å². The minimum Gasteiger partial charge on any atom is -0.466 e. The van der Waals surface area contributed by atoms with Crippen LogP contribution in [0, 0.1) is 0 Å². The molecule has 0 N–H and O–H groups in total. The first kappa shape index (κ1) is 11.5. The van der Waals surface area contributed by atoms with Crippen molar-refractivity contribution in [3.8, 4) is 0 Å². The first-order chi connectivity index (χ1) is 7.19. The van der Waals surface area contributed by atoms with E-state index in [-0.39, 0.29) is 0 Å². The summed E-state index contributed by atoms with van der Waals surface area (Å²) in [4.78, 5) is 21.5. The van der Waals surface area contributed by atoms with Crippen LogP contribution < -0.4 is 0 Å². The average Bonchev–Trinajstić information content (AvgIpc) is 2.26. The molecule has 1 rings (SSSR count). The summed E-state index contributed by atoms with van der Waals surface area (Å²) in [5, 5.41) is 0.416. The van der Waals surface area contributed by atoms with Crippen LogP contribution >= 0.6 is 11.6 Å². The number of aldehydes is 1. The van der Waals surface area contributed by atoms with Crippen LogP contribution in [0.15, 0.2) is 24.3 Å². The molecule has 0 aliphatic heterocycles. The average molecular weight is 225 g/mol. The van der Waals surface area contributed by atoms with E-state index in [1.165, 1.54) is 19.3 Å². The van der Waals surface area contributed by atoms with E-state index in [9.17, 15) is 9.59 Å². The monoisotopic (exact) mass is 224 g/mol. The highest BCUT2D eigenvalue weighted by molar-refractivity contribution is 6.32. The molecule has 15 heavy (non-hydrogen) atoms. The molecule has 1 aromatic carbocycles. The van der Waals surface area contributed by atoms with E-state index >= 15 is 0 Å². The largest absolute Gasteiger partial charge is 0.466 e. The lowest BCUT2D eigenvalue weighted by Gasteiger charge is -2.00. The molecule has 0 amide bonds. The fourth-order valence-electron chi connectivity index (χ4n) is 1.05. The van der Waals surface area contributed by atoms with Crippen molar-refractivity contribution < 1.29 is 14.3 Å². The quantitative estimate of drug-likeness (QED) is 0.450. The fraction of sp³-hybridized carbons (Fsp3) is 0.0909. The van der Waals surface area contributed by atoms with Gasteiger partial charge >= 0.3 is 5.97 Å². The zero-order valence-electron chi connectivity index (χ0n) is 8.07. The number of benzene rings is 1. The van der Waals surface area contributed by atoms with Gasteiger partial charge in [0.1, 0.15) is 0 Å². The molecule has 78 valence electrons. The van der Waals surface area contributed by atoms with Crippen LogP contribution in [0.1, 0.15) is 15.9 Å². The predicted octanol–water partition coefficient (Wildman–Crippen LogP) is 2.34. The van der Waals surface area contributed by atoms with Gasteiger partial charge in [0, 0.05) is 22.2 Å². The van der Waals surface area contributed by atoms with Crippen LogP contribution in [-0.4, -0.2) is 19.4 Å². The molecule has 0 unspecified atom stereocenters. The zero-order chi connectivity index (χ0) is 11.3. The van der Waals surface area contributed by atoms with Crippen LogP contribution in [0.2, 0.25) is 5.02 Å². The number of halogens is 1. The van der Waals surface area contributed by atoms with Crippen LogP contribution in [0.5, 0.6) is 0 Å². The Labute approximate surface area is 92.3 Å². The van der Waals surface area contributed by atoms with E-state index in [1.807, 2.05) is 0 Å². The predicted molar refractivity (Wildman–Crippen MR) is 57.9 cm³/mol. The summed E-state index contributed by atoms with van der Waals surface area (Å²) < 4.78 is 4.43. The minimum atomic E-state index is -0.494. The van der Waals surface area contributed by atoms with Gasteiger partial charge in [-0.3, -0.25) is 4.79 Å². The van der Waals surface area contributed by atoms with Gasteiger partial charge in [-0.25, -0.2) is 4.79 Å². The molecule has 4 heteroatoms. The number of hydrogen-bond donors (Lipinski definition) is 0. The van der Waals surface area contributed by atoms with Crippen LogP contribution in [0.4, 0.5) is 0 Å². The standard InChI is InChI=1S/C11H9ClO3/c1-15-11(14)6-5-9-8(7-13)3-2-4-10(9)12/h2-7H,1H3. The Morgan fingerprint density at radius 1 is 1.47 bits per heavy atom. The summed E-state index contributed by atoms with van der Waals surface area (Å²) in [5.74, 6) is -0.494. The van der Waals surface area contributed by atoms with Gasteiger partial charge < -0.3 is 4.74 Å². The summed E-state index contributed by atoms with van der Waals surface area (Å²) in [6.07, 6.45) is 3.36. The second kappa shape index (κ2) is 5.32. The number of methoxy groups -OCH3 is 1. The molecule has 0 radical (unpaired) electrons. The highest BCUT2D eigenvalue weighted by Crippen LogP contribution is 2.20. The summed E-state index contributed by atoms with van der Waals surface area (Å²) in [6.45, 7) is 0. The molecule has 0 aliphatic carbocycles. The van der Waals surface area contributed by atoms with Gasteiger partial charge in [-0.05, 0) is 12.1 Å².